The van der Waals surface area contributed by atoms with Gasteiger partial charge in [0.05, 0.1) is 11.6 Å². The number of alkyl halides is 2. The lowest BCUT2D eigenvalue weighted by atomic mass is 9.99. The van der Waals surface area contributed by atoms with Crippen molar-refractivity contribution in [1.82, 2.24) is 14.9 Å². The van der Waals surface area contributed by atoms with Crippen molar-refractivity contribution >= 4 is 16.7 Å². The molecule has 0 aliphatic heterocycles. The van der Waals surface area contributed by atoms with Gasteiger partial charge in [0.1, 0.15) is 5.82 Å². The Morgan fingerprint density at radius 2 is 1.58 bits per heavy atom. The summed E-state index contributed by atoms with van der Waals surface area (Å²) < 4.78 is 26.4. The molecule has 0 radical (unpaired) electrons. The zero-order chi connectivity index (χ0) is 18.7. The van der Waals surface area contributed by atoms with Gasteiger partial charge in [0.15, 0.2) is 5.82 Å². The minimum Gasteiger partial charge on any atom is -0.365 e. The molecule has 1 aromatic heterocycles. The zero-order valence-electron chi connectivity index (χ0n) is 15.0. The second-order valence-corrected chi connectivity index (χ2v) is 6.50. The molecule has 1 N–H and O–H groups in total. The predicted molar refractivity (Wildman–Crippen MR) is 100 cm³/mol. The van der Waals surface area contributed by atoms with E-state index >= 15 is 0 Å². The molecule has 0 saturated heterocycles. The highest BCUT2D eigenvalue weighted by Gasteiger charge is 2.23. The molecule has 6 heteroatoms. The Labute approximate surface area is 151 Å². The van der Waals surface area contributed by atoms with Gasteiger partial charge in [-0.3, -0.25) is 0 Å². The highest BCUT2D eigenvalue weighted by molar-refractivity contribution is 5.89. The summed E-state index contributed by atoms with van der Waals surface area (Å²) in [6.45, 7) is 2.02. The number of nitrogens with zero attached hydrogens (tertiary/aromatic N) is 3. The first kappa shape index (κ1) is 18.2. The summed E-state index contributed by atoms with van der Waals surface area (Å²) in [5.41, 5.74) is 1.65. The maximum absolute atomic E-state index is 13.2. The van der Waals surface area contributed by atoms with E-state index in [2.05, 4.69) is 32.3 Å². The van der Waals surface area contributed by atoms with Crippen LogP contribution in [0.5, 0.6) is 0 Å². The highest BCUT2D eigenvalue weighted by atomic mass is 19.3. The number of benzene rings is 2. The Bertz CT molecular complexity index is 868. The zero-order valence-corrected chi connectivity index (χ0v) is 15.0. The van der Waals surface area contributed by atoms with Crippen LogP contribution in [0.4, 0.5) is 14.6 Å². The Hall–Kier alpha value is -2.60. The summed E-state index contributed by atoms with van der Waals surface area (Å²) in [5.74, 6) is -0.0271. The molecule has 0 spiro atoms. The topological polar surface area (TPSA) is 41.1 Å². The van der Waals surface area contributed by atoms with Gasteiger partial charge in [0, 0.05) is 11.4 Å². The number of halogens is 2. The molecular weight excluding hydrogens is 334 g/mol. The minimum atomic E-state index is -2.71. The van der Waals surface area contributed by atoms with E-state index in [0.29, 0.717) is 11.3 Å². The van der Waals surface area contributed by atoms with Crippen LogP contribution in [-0.2, 0) is 0 Å². The fourth-order valence-corrected chi connectivity index (χ4v) is 3.28. The van der Waals surface area contributed by atoms with Gasteiger partial charge < -0.3 is 10.2 Å². The summed E-state index contributed by atoms with van der Waals surface area (Å²) in [4.78, 5) is 10.2. The van der Waals surface area contributed by atoms with Gasteiger partial charge >= 0.3 is 0 Å². The lowest BCUT2D eigenvalue weighted by molar-refractivity contribution is 0.141. The maximum Gasteiger partial charge on any atom is 0.297 e. The van der Waals surface area contributed by atoms with Crippen LogP contribution < -0.4 is 5.32 Å². The molecule has 0 fully saturated rings. The molecule has 3 aromatic rings. The number of para-hydroxylation sites is 1. The summed E-state index contributed by atoms with van der Waals surface area (Å²) in [6, 6.07) is 17.3. The molecule has 0 aliphatic carbocycles. The third-order valence-electron chi connectivity index (χ3n) is 4.35. The number of rotatable bonds is 6. The first-order chi connectivity index (χ1) is 12.5. The average Bonchev–Trinajstić information content (AvgIpc) is 2.62. The van der Waals surface area contributed by atoms with E-state index in [1.54, 1.807) is 12.1 Å². The predicted octanol–water partition coefficient (Wildman–Crippen LogP) is 4.67. The molecule has 0 aliphatic rings. The van der Waals surface area contributed by atoms with Gasteiger partial charge in [0.25, 0.3) is 6.43 Å². The number of hydrogen-bond donors (Lipinski definition) is 1. The molecule has 2 aromatic carbocycles. The van der Waals surface area contributed by atoms with E-state index in [9.17, 15) is 8.78 Å². The second kappa shape index (κ2) is 7.74. The molecule has 3 rings (SSSR count). The van der Waals surface area contributed by atoms with Crippen LogP contribution in [0.2, 0.25) is 0 Å². The van der Waals surface area contributed by atoms with Crippen LogP contribution in [-0.4, -0.2) is 35.0 Å². The fourth-order valence-electron chi connectivity index (χ4n) is 3.28. The highest BCUT2D eigenvalue weighted by Crippen LogP contribution is 2.28. The number of nitrogens with one attached hydrogen (secondary N) is 1. The normalized spacial score (nSPS) is 14.0. The van der Waals surface area contributed by atoms with Crippen LogP contribution >= 0.6 is 0 Å². The number of hydrogen-bond acceptors (Lipinski definition) is 4. The van der Waals surface area contributed by atoms with Crippen LogP contribution in [0, 0.1) is 0 Å². The van der Waals surface area contributed by atoms with Gasteiger partial charge in [0.2, 0.25) is 0 Å². The lowest BCUT2D eigenvalue weighted by Gasteiger charge is -2.31. The summed E-state index contributed by atoms with van der Waals surface area (Å²) in [7, 11) is 4.00. The molecule has 4 nitrogen and oxygen atoms in total. The van der Waals surface area contributed by atoms with E-state index < -0.39 is 12.2 Å². The van der Waals surface area contributed by atoms with E-state index in [0.717, 1.165) is 10.9 Å². The summed E-state index contributed by atoms with van der Waals surface area (Å²) in [6.07, 6.45) is -2.71. The lowest BCUT2D eigenvalue weighted by Crippen LogP contribution is -2.34. The largest absolute Gasteiger partial charge is 0.365 e. The van der Waals surface area contributed by atoms with Crippen LogP contribution in [0.3, 0.4) is 0 Å². The quantitative estimate of drug-likeness (QED) is 0.697. The Kier molecular flexibility index (Phi) is 5.42. The summed E-state index contributed by atoms with van der Waals surface area (Å²) in [5, 5.41) is 4.06. The molecule has 0 bridgehead atoms. The smallest absolute Gasteiger partial charge is 0.297 e. The first-order valence-electron chi connectivity index (χ1n) is 8.50. The molecule has 0 saturated carbocycles. The molecular formula is C20H22F2N4. The maximum atomic E-state index is 13.2. The van der Waals surface area contributed by atoms with Gasteiger partial charge in [-0.25, -0.2) is 18.7 Å². The Morgan fingerprint density at radius 3 is 2.23 bits per heavy atom. The van der Waals surface area contributed by atoms with Crippen molar-refractivity contribution in [3.8, 4) is 0 Å². The Balaban J connectivity index is 1.99. The standard InChI is InChI=1S/C20H22F2N4/c1-13(17(26(2)3)14-9-5-4-6-10-14)23-19-15-11-7-8-12-16(15)24-20(25-19)18(21)22/h4-13,17-18H,1-3H3,(H,23,24,25)/t13-,17-/m0/s1. The molecule has 2 atom stereocenters. The van der Waals surface area contributed by atoms with Gasteiger partial charge in [-0.1, -0.05) is 42.5 Å². The van der Waals surface area contributed by atoms with Gasteiger partial charge in [-0.05, 0) is 38.7 Å². The monoisotopic (exact) mass is 356 g/mol. The van der Waals surface area contributed by atoms with Gasteiger partial charge in [-0.15, -0.1) is 0 Å². The van der Waals surface area contributed by atoms with E-state index in [-0.39, 0.29) is 12.1 Å². The molecule has 0 unspecified atom stereocenters. The SMILES string of the molecule is C[C@H](Nc1nc(C(F)F)nc2ccccc12)[C@@H](c1ccccc1)N(C)C. The van der Waals surface area contributed by atoms with Gasteiger partial charge in [-0.2, -0.15) is 0 Å². The third kappa shape index (κ3) is 3.80. The van der Waals surface area contributed by atoms with Crippen molar-refractivity contribution in [2.45, 2.75) is 25.4 Å². The van der Waals surface area contributed by atoms with Crippen molar-refractivity contribution in [1.29, 1.82) is 0 Å². The van der Waals surface area contributed by atoms with Crippen LogP contribution in [0.15, 0.2) is 54.6 Å². The molecule has 1 heterocycles. The number of fused-ring (bicyclic) bond motifs is 1. The molecule has 136 valence electrons. The summed E-state index contributed by atoms with van der Waals surface area (Å²) >= 11 is 0. The number of aromatic nitrogens is 2. The van der Waals surface area contributed by atoms with Crippen molar-refractivity contribution in [3.63, 3.8) is 0 Å². The molecule has 0 amide bonds. The van der Waals surface area contributed by atoms with E-state index in [4.69, 9.17) is 0 Å². The number of likely N-dealkylation sites (N-methyl/N-ethyl adjacent to an activating group) is 1. The van der Waals surface area contributed by atoms with Crippen LogP contribution in [0.25, 0.3) is 10.9 Å². The first-order valence-corrected chi connectivity index (χ1v) is 8.50. The fraction of sp³-hybridized carbons (Fsp3) is 0.300. The van der Waals surface area contributed by atoms with Crippen molar-refractivity contribution in [2.75, 3.05) is 19.4 Å². The average molecular weight is 356 g/mol. The Morgan fingerprint density at radius 1 is 0.923 bits per heavy atom. The van der Waals surface area contributed by atoms with E-state index in [1.807, 2.05) is 51.4 Å². The van der Waals surface area contributed by atoms with E-state index in [1.165, 1.54) is 0 Å². The van der Waals surface area contributed by atoms with Crippen LogP contribution in [0.1, 0.15) is 30.8 Å². The number of anilines is 1. The minimum absolute atomic E-state index is 0.0555. The molecule has 26 heavy (non-hydrogen) atoms. The van der Waals surface area contributed by atoms with Crippen molar-refractivity contribution in [2.24, 2.45) is 0 Å². The second-order valence-electron chi connectivity index (χ2n) is 6.50. The van der Waals surface area contributed by atoms with Crippen molar-refractivity contribution < 1.29 is 8.78 Å². The third-order valence-corrected chi connectivity index (χ3v) is 4.35. The van der Waals surface area contributed by atoms with Crippen molar-refractivity contribution in [3.05, 3.63) is 66.0 Å².